The van der Waals surface area contributed by atoms with Crippen molar-refractivity contribution in [2.45, 2.75) is 98.7 Å². The van der Waals surface area contributed by atoms with Crippen molar-refractivity contribution < 1.29 is 19.1 Å². The SMILES string of the molecule is Br.CC(C)(C)OC(=O)Nc1ncc(CCN)s1.CCCc1cnc(N)s1.CCCc1cnc(NC(=O)OC(C)(C)C)s1. The molecular formula is C27H46BrN7O4S3. The molecule has 238 valence electrons. The Kier molecular flexibility index (Phi) is 18.7. The highest BCUT2D eigenvalue weighted by molar-refractivity contribution is 8.93. The van der Waals surface area contributed by atoms with Crippen molar-refractivity contribution in [2.75, 3.05) is 22.9 Å². The summed E-state index contributed by atoms with van der Waals surface area (Å²) >= 11 is 4.48. The predicted molar refractivity (Wildman–Crippen MR) is 182 cm³/mol. The summed E-state index contributed by atoms with van der Waals surface area (Å²) in [4.78, 5) is 38.4. The number of nitrogens with two attached hydrogens (primary N) is 2. The topological polar surface area (TPSA) is 167 Å². The fourth-order valence-electron chi connectivity index (χ4n) is 2.82. The number of nitrogen functional groups attached to an aromatic ring is 1. The average Bonchev–Trinajstić information content (AvgIpc) is 3.55. The van der Waals surface area contributed by atoms with Crippen LogP contribution in [0.2, 0.25) is 0 Å². The lowest BCUT2D eigenvalue weighted by Crippen LogP contribution is -2.27. The number of carbonyl (C=O) groups excluding carboxylic acids is 2. The molecule has 0 radical (unpaired) electrons. The van der Waals surface area contributed by atoms with Gasteiger partial charge in [0.25, 0.3) is 0 Å². The molecule has 15 heteroatoms. The normalized spacial score (nSPS) is 10.7. The summed E-state index contributed by atoms with van der Waals surface area (Å²) in [6.07, 6.45) is 9.53. The zero-order chi connectivity index (χ0) is 31.1. The third-order valence-corrected chi connectivity index (χ3v) is 7.11. The minimum Gasteiger partial charge on any atom is -0.444 e. The molecule has 0 aromatic carbocycles. The minimum absolute atomic E-state index is 0. The standard InChI is InChI=1S/C11H18N2O2S.C10H17N3O2S.C6H10N2S.BrH/c1-5-6-8-7-12-9(16-8)13-10(14)15-11(2,3)4;1-10(2,3)15-9(14)13-8-12-6-7(16-8)4-5-11;1-2-3-5-4-8-6(7)9-5;/h7H,5-6H2,1-4H3,(H,12,13,14);6H,4-5,11H2,1-3H3,(H,12,13,14);4H,2-3H2,1H3,(H2,7,8);1H. The van der Waals surface area contributed by atoms with Gasteiger partial charge in [-0.2, -0.15) is 0 Å². The van der Waals surface area contributed by atoms with Gasteiger partial charge in [0, 0.05) is 33.2 Å². The van der Waals surface area contributed by atoms with E-state index in [-0.39, 0.29) is 17.0 Å². The van der Waals surface area contributed by atoms with Gasteiger partial charge < -0.3 is 20.9 Å². The van der Waals surface area contributed by atoms with Crippen molar-refractivity contribution in [1.29, 1.82) is 0 Å². The van der Waals surface area contributed by atoms with Gasteiger partial charge in [-0.05, 0) is 67.3 Å². The van der Waals surface area contributed by atoms with Crippen molar-refractivity contribution in [3.05, 3.63) is 33.2 Å². The fraction of sp³-hybridized carbons (Fsp3) is 0.593. The molecule has 3 aromatic heterocycles. The summed E-state index contributed by atoms with van der Waals surface area (Å²) in [5, 5.41) is 7.02. The number of nitrogens with zero attached hydrogens (tertiary/aromatic N) is 3. The molecule has 0 aliphatic rings. The fourth-order valence-corrected chi connectivity index (χ4v) is 5.32. The van der Waals surface area contributed by atoms with Crippen LogP contribution in [0.4, 0.5) is 25.0 Å². The lowest BCUT2D eigenvalue weighted by atomic mass is 10.2. The molecule has 42 heavy (non-hydrogen) atoms. The Balaban J connectivity index is 0.000000616. The molecule has 0 aliphatic heterocycles. The molecule has 2 amide bonds. The number of thiazole rings is 3. The van der Waals surface area contributed by atoms with Gasteiger partial charge in [-0.3, -0.25) is 10.6 Å². The van der Waals surface area contributed by atoms with Crippen LogP contribution < -0.4 is 22.1 Å². The number of hydrogen-bond donors (Lipinski definition) is 4. The van der Waals surface area contributed by atoms with E-state index < -0.39 is 23.4 Å². The second-order valence-electron chi connectivity index (χ2n) is 10.7. The van der Waals surface area contributed by atoms with Gasteiger partial charge >= 0.3 is 12.2 Å². The van der Waals surface area contributed by atoms with Crippen LogP contribution in [0.15, 0.2) is 18.6 Å². The maximum atomic E-state index is 11.4. The lowest BCUT2D eigenvalue weighted by Gasteiger charge is -2.18. The Morgan fingerprint density at radius 3 is 1.45 bits per heavy atom. The van der Waals surface area contributed by atoms with Crippen molar-refractivity contribution in [1.82, 2.24) is 15.0 Å². The first-order valence-corrected chi connectivity index (χ1v) is 15.9. The number of rotatable bonds is 8. The van der Waals surface area contributed by atoms with E-state index in [1.807, 2.05) is 47.7 Å². The number of aryl methyl sites for hydroxylation is 2. The number of carbonyl (C=O) groups is 2. The number of ether oxygens (including phenoxy) is 2. The van der Waals surface area contributed by atoms with Gasteiger partial charge in [-0.25, -0.2) is 24.5 Å². The first-order valence-electron chi connectivity index (χ1n) is 13.4. The summed E-state index contributed by atoms with van der Waals surface area (Å²) in [5.41, 5.74) is 9.86. The van der Waals surface area contributed by atoms with Crippen LogP contribution in [0, 0.1) is 0 Å². The molecule has 6 N–H and O–H groups in total. The first-order chi connectivity index (χ1) is 19.1. The quantitative estimate of drug-likeness (QED) is 0.183. The second kappa shape index (κ2) is 19.8. The van der Waals surface area contributed by atoms with E-state index >= 15 is 0 Å². The van der Waals surface area contributed by atoms with E-state index in [2.05, 4.69) is 39.4 Å². The van der Waals surface area contributed by atoms with Crippen LogP contribution in [0.5, 0.6) is 0 Å². The molecular weight excluding hydrogens is 662 g/mol. The van der Waals surface area contributed by atoms with Crippen molar-refractivity contribution in [3.8, 4) is 0 Å². The largest absolute Gasteiger partial charge is 0.444 e. The molecule has 0 bridgehead atoms. The van der Waals surface area contributed by atoms with E-state index in [4.69, 9.17) is 20.9 Å². The molecule has 3 heterocycles. The third kappa shape index (κ3) is 19.0. The molecule has 0 atom stereocenters. The predicted octanol–water partition coefficient (Wildman–Crippen LogP) is 7.69. The Morgan fingerprint density at radius 1 is 0.738 bits per heavy atom. The molecule has 0 aliphatic carbocycles. The summed E-state index contributed by atoms with van der Waals surface area (Å²) in [6, 6.07) is 0. The molecule has 0 spiro atoms. The van der Waals surface area contributed by atoms with Crippen molar-refractivity contribution in [3.63, 3.8) is 0 Å². The highest BCUT2D eigenvalue weighted by atomic mass is 79.9. The van der Waals surface area contributed by atoms with Crippen molar-refractivity contribution >= 4 is 78.6 Å². The number of hydrogen-bond acceptors (Lipinski definition) is 12. The molecule has 3 rings (SSSR count). The van der Waals surface area contributed by atoms with E-state index in [1.165, 1.54) is 38.8 Å². The summed E-state index contributed by atoms with van der Waals surface area (Å²) in [6.45, 7) is 15.8. The maximum Gasteiger partial charge on any atom is 0.413 e. The van der Waals surface area contributed by atoms with E-state index in [9.17, 15) is 9.59 Å². The number of halogens is 1. The second-order valence-corrected chi connectivity index (χ2v) is 14.1. The third-order valence-electron chi connectivity index (χ3n) is 4.28. The zero-order valence-electron chi connectivity index (χ0n) is 25.7. The smallest absolute Gasteiger partial charge is 0.413 e. The Hall–Kier alpha value is -2.33. The van der Waals surface area contributed by atoms with E-state index in [0.717, 1.165) is 30.6 Å². The van der Waals surface area contributed by atoms with Crippen molar-refractivity contribution in [2.24, 2.45) is 5.73 Å². The number of anilines is 3. The van der Waals surface area contributed by atoms with E-state index in [1.54, 1.807) is 23.7 Å². The van der Waals surface area contributed by atoms with E-state index in [0.29, 0.717) is 21.9 Å². The molecule has 0 fully saturated rings. The lowest BCUT2D eigenvalue weighted by molar-refractivity contribution is 0.0624. The Morgan fingerprint density at radius 2 is 1.12 bits per heavy atom. The minimum atomic E-state index is -0.499. The Bertz CT molecular complexity index is 1120. The highest BCUT2D eigenvalue weighted by Gasteiger charge is 2.18. The molecule has 0 saturated heterocycles. The summed E-state index contributed by atoms with van der Waals surface area (Å²) < 4.78 is 10.2. The van der Waals surface area contributed by atoms with Gasteiger partial charge in [-0.15, -0.1) is 51.0 Å². The van der Waals surface area contributed by atoms with Crippen LogP contribution >= 0.6 is 51.0 Å². The maximum absolute atomic E-state index is 11.4. The summed E-state index contributed by atoms with van der Waals surface area (Å²) in [7, 11) is 0. The summed E-state index contributed by atoms with van der Waals surface area (Å²) in [5.74, 6) is 0. The zero-order valence-corrected chi connectivity index (χ0v) is 29.9. The first kappa shape index (κ1) is 39.7. The number of nitrogens with one attached hydrogen (secondary N) is 2. The van der Waals surface area contributed by atoms with Gasteiger partial charge in [0.15, 0.2) is 15.4 Å². The van der Waals surface area contributed by atoms with Crippen LogP contribution in [0.25, 0.3) is 0 Å². The van der Waals surface area contributed by atoms with Crippen LogP contribution in [-0.4, -0.2) is 44.9 Å². The molecule has 0 saturated carbocycles. The molecule has 11 nitrogen and oxygen atoms in total. The van der Waals surface area contributed by atoms with Crippen LogP contribution in [-0.2, 0) is 28.7 Å². The van der Waals surface area contributed by atoms with Gasteiger partial charge in [0.2, 0.25) is 0 Å². The van der Waals surface area contributed by atoms with Gasteiger partial charge in [0.05, 0.1) is 0 Å². The average molecular weight is 709 g/mol. The number of amides is 2. The van der Waals surface area contributed by atoms with Gasteiger partial charge in [-0.1, -0.05) is 26.7 Å². The Labute approximate surface area is 272 Å². The monoisotopic (exact) mass is 707 g/mol. The van der Waals surface area contributed by atoms with Gasteiger partial charge in [0.1, 0.15) is 11.2 Å². The molecule has 3 aromatic rings. The van der Waals surface area contributed by atoms with Crippen LogP contribution in [0.1, 0.15) is 82.9 Å². The number of aromatic nitrogens is 3. The van der Waals surface area contributed by atoms with Crippen LogP contribution in [0.3, 0.4) is 0 Å². The highest BCUT2D eigenvalue weighted by Crippen LogP contribution is 2.21. The molecule has 0 unspecified atom stereocenters.